The fourth-order valence-electron chi connectivity index (χ4n) is 3.65. The summed E-state index contributed by atoms with van der Waals surface area (Å²) < 4.78 is 2.08. The number of amides is 1. The van der Waals surface area contributed by atoms with E-state index in [-0.39, 0.29) is 11.7 Å². The Morgan fingerprint density at radius 3 is 2.97 bits per heavy atom. The molecule has 4 rings (SSSR count). The quantitative estimate of drug-likeness (QED) is 0.382. The molecule has 1 aliphatic carbocycles. The number of carbonyl (C=O) groups is 1. The van der Waals surface area contributed by atoms with Gasteiger partial charge in [-0.15, -0.1) is 32.9 Å². The van der Waals surface area contributed by atoms with E-state index in [0.29, 0.717) is 10.6 Å². The van der Waals surface area contributed by atoms with Gasteiger partial charge in [0.15, 0.2) is 11.0 Å². The predicted octanol–water partition coefficient (Wildman–Crippen LogP) is 5.35. The minimum atomic E-state index is -0.114. The van der Waals surface area contributed by atoms with E-state index < -0.39 is 0 Å². The molecule has 0 spiro atoms. The van der Waals surface area contributed by atoms with E-state index in [1.54, 1.807) is 22.7 Å². The second-order valence-electron chi connectivity index (χ2n) is 7.15. The van der Waals surface area contributed by atoms with Crippen LogP contribution in [-0.4, -0.2) is 26.4 Å². The van der Waals surface area contributed by atoms with Crippen molar-refractivity contribution in [2.45, 2.75) is 57.1 Å². The summed E-state index contributed by atoms with van der Waals surface area (Å²) in [6, 6.07) is 6.35. The lowest BCUT2D eigenvalue weighted by Gasteiger charge is -2.08. The Morgan fingerprint density at radius 2 is 2.20 bits per heavy atom. The first kappa shape index (κ1) is 21.1. The van der Waals surface area contributed by atoms with Gasteiger partial charge in [-0.2, -0.15) is 5.26 Å². The van der Waals surface area contributed by atoms with Gasteiger partial charge >= 0.3 is 0 Å². The molecule has 0 aliphatic heterocycles. The lowest BCUT2D eigenvalue weighted by molar-refractivity contribution is -0.113. The number of thiophene rings is 2. The average molecular weight is 458 g/mol. The van der Waals surface area contributed by atoms with Gasteiger partial charge in [0.1, 0.15) is 11.1 Å². The molecule has 3 aromatic heterocycles. The Morgan fingerprint density at radius 1 is 1.33 bits per heavy atom. The van der Waals surface area contributed by atoms with Crippen LogP contribution in [0.15, 0.2) is 22.7 Å². The summed E-state index contributed by atoms with van der Waals surface area (Å²) in [6.45, 7) is 2.92. The van der Waals surface area contributed by atoms with Gasteiger partial charge in [0.05, 0.1) is 16.2 Å². The minimum absolute atomic E-state index is 0.114. The standard InChI is InChI=1S/C21H23N5OS3/c1-2-10-26-19(17-9-6-11-28-17)24-25-21(26)29-13-18(27)23-20-15(12-22)14-7-4-3-5-8-16(14)30-20/h6,9,11H,2-5,7-8,10,13H2,1H3,(H,23,27). The van der Waals surface area contributed by atoms with Gasteiger partial charge in [-0.05, 0) is 49.1 Å². The van der Waals surface area contributed by atoms with Crippen molar-refractivity contribution in [1.29, 1.82) is 5.26 Å². The van der Waals surface area contributed by atoms with Crippen LogP contribution in [0.1, 0.15) is 48.6 Å². The van der Waals surface area contributed by atoms with Gasteiger partial charge in [0.2, 0.25) is 5.91 Å². The van der Waals surface area contributed by atoms with Gasteiger partial charge in [-0.1, -0.05) is 31.2 Å². The van der Waals surface area contributed by atoms with Crippen LogP contribution in [0.25, 0.3) is 10.7 Å². The highest BCUT2D eigenvalue weighted by Crippen LogP contribution is 2.37. The minimum Gasteiger partial charge on any atom is -0.316 e. The largest absolute Gasteiger partial charge is 0.316 e. The maximum Gasteiger partial charge on any atom is 0.235 e. The molecule has 156 valence electrons. The highest BCUT2D eigenvalue weighted by atomic mass is 32.2. The fourth-order valence-corrected chi connectivity index (χ4v) is 6.39. The molecule has 0 bridgehead atoms. The molecule has 0 aromatic carbocycles. The van der Waals surface area contributed by atoms with Gasteiger partial charge in [0, 0.05) is 11.4 Å². The molecule has 1 aliphatic rings. The van der Waals surface area contributed by atoms with E-state index >= 15 is 0 Å². The van der Waals surface area contributed by atoms with Crippen LogP contribution in [0.5, 0.6) is 0 Å². The van der Waals surface area contributed by atoms with E-state index in [2.05, 4.69) is 33.1 Å². The molecule has 3 heterocycles. The molecule has 30 heavy (non-hydrogen) atoms. The number of hydrogen-bond donors (Lipinski definition) is 1. The molecule has 1 N–H and O–H groups in total. The van der Waals surface area contributed by atoms with E-state index in [1.165, 1.54) is 23.1 Å². The van der Waals surface area contributed by atoms with Crippen molar-refractivity contribution in [1.82, 2.24) is 14.8 Å². The van der Waals surface area contributed by atoms with Crippen molar-refractivity contribution in [3.8, 4) is 16.8 Å². The summed E-state index contributed by atoms with van der Waals surface area (Å²) in [5.41, 5.74) is 1.80. The highest BCUT2D eigenvalue weighted by molar-refractivity contribution is 7.99. The van der Waals surface area contributed by atoms with Crippen LogP contribution in [0.4, 0.5) is 5.00 Å². The Bertz CT molecular complexity index is 1060. The van der Waals surface area contributed by atoms with Crippen LogP contribution in [0, 0.1) is 11.3 Å². The van der Waals surface area contributed by atoms with Crippen LogP contribution < -0.4 is 5.32 Å². The maximum absolute atomic E-state index is 12.6. The molecule has 6 nitrogen and oxygen atoms in total. The van der Waals surface area contributed by atoms with Crippen molar-refractivity contribution in [3.05, 3.63) is 33.5 Å². The summed E-state index contributed by atoms with van der Waals surface area (Å²) in [6.07, 6.45) is 6.37. The fraction of sp³-hybridized carbons (Fsp3) is 0.429. The van der Waals surface area contributed by atoms with Crippen molar-refractivity contribution in [2.75, 3.05) is 11.1 Å². The lowest BCUT2D eigenvalue weighted by Crippen LogP contribution is -2.14. The first-order chi connectivity index (χ1) is 14.7. The number of nitrogens with one attached hydrogen (secondary N) is 1. The second-order valence-corrected chi connectivity index (χ2v) is 10.1. The number of rotatable bonds is 7. The summed E-state index contributed by atoms with van der Waals surface area (Å²) >= 11 is 4.59. The molecule has 1 amide bonds. The first-order valence-electron chi connectivity index (χ1n) is 10.2. The second kappa shape index (κ2) is 9.77. The van der Waals surface area contributed by atoms with Gasteiger partial charge in [0.25, 0.3) is 0 Å². The number of hydrogen-bond acceptors (Lipinski definition) is 7. The van der Waals surface area contributed by atoms with E-state index in [1.807, 2.05) is 17.5 Å². The van der Waals surface area contributed by atoms with Crippen molar-refractivity contribution in [3.63, 3.8) is 0 Å². The molecule has 0 atom stereocenters. The number of nitriles is 1. The van der Waals surface area contributed by atoms with Crippen molar-refractivity contribution in [2.24, 2.45) is 0 Å². The van der Waals surface area contributed by atoms with E-state index in [9.17, 15) is 10.1 Å². The molecular weight excluding hydrogens is 434 g/mol. The molecule has 0 saturated carbocycles. The summed E-state index contributed by atoms with van der Waals surface area (Å²) in [5, 5.41) is 24.8. The Kier molecular flexibility index (Phi) is 6.87. The molecule has 0 radical (unpaired) electrons. The number of aryl methyl sites for hydroxylation is 1. The van der Waals surface area contributed by atoms with Crippen LogP contribution in [0.2, 0.25) is 0 Å². The third-order valence-corrected chi connectivity index (χ3v) is 8.06. The number of aromatic nitrogens is 3. The van der Waals surface area contributed by atoms with Gasteiger partial charge in [-0.25, -0.2) is 0 Å². The maximum atomic E-state index is 12.6. The van der Waals surface area contributed by atoms with Crippen LogP contribution in [-0.2, 0) is 24.2 Å². The smallest absolute Gasteiger partial charge is 0.235 e. The van der Waals surface area contributed by atoms with Crippen molar-refractivity contribution < 1.29 is 4.79 Å². The monoisotopic (exact) mass is 457 g/mol. The number of carbonyl (C=O) groups excluding carboxylic acids is 1. The topological polar surface area (TPSA) is 83.6 Å². The van der Waals surface area contributed by atoms with Gasteiger partial charge in [-0.3, -0.25) is 4.79 Å². The summed E-state index contributed by atoms with van der Waals surface area (Å²) in [7, 11) is 0. The molecular formula is C21H23N5OS3. The van der Waals surface area contributed by atoms with Crippen LogP contribution in [0.3, 0.4) is 0 Å². The zero-order valence-electron chi connectivity index (χ0n) is 16.8. The Balaban J connectivity index is 1.45. The van der Waals surface area contributed by atoms with E-state index in [0.717, 1.165) is 60.1 Å². The molecule has 9 heteroatoms. The number of thioether (sulfide) groups is 1. The third-order valence-electron chi connectivity index (χ3n) is 5.02. The third kappa shape index (κ3) is 4.46. The van der Waals surface area contributed by atoms with Crippen LogP contribution >= 0.6 is 34.4 Å². The highest BCUT2D eigenvalue weighted by Gasteiger charge is 2.21. The number of anilines is 1. The van der Waals surface area contributed by atoms with Gasteiger partial charge < -0.3 is 9.88 Å². The Labute approximate surface area is 188 Å². The summed E-state index contributed by atoms with van der Waals surface area (Å²) in [5.74, 6) is 0.972. The SMILES string of the molecule is CCCn1c(SCC(=O)Nc2sc3c(c2C#N)CCCCC3)nnc1-c1cccs1. The van der Waals surface area contributed by atoms with E-state index in [4.69, 9.17) is 0 Å². The predicted molar refractivity (Wildman–Crippen MR) is 123 cm³/mol. The molecule has 0 unspecified atom stereocenters. The Hall–Kier alpha value is -2.15. The number of fused-ring (bicyclic) bond motifs is 1. The molecule has 0 fully saturated rings. The van der Waals surface area contributed by atoms with Crippen molar-refractivity contribution >= 4 is 45.3 Å². The molecule has 3 aromatic rings. The first-order valence-corrected chi connectivity index (χ1v) is 12.8. The summed E-state index contributed by atoms with van der Waals surface area (Å²) in [4.78, 5) is 15.0. The molecule has 0 saturated heterocycles. The zero-order chi connectivity index (χ0) is 20.9. The normalized spacial score (nSPS) is 13.5. The average Bonchev–Trinajstić information content (AvgIpc) is 3.43. The number of nitrogens with zero attached hydrogens (tertiary/aromatic N) is 4. The zero-order valence-corrected chi connectivity index (χ0v) is 19.3. The lowest BCUT2D eigenvalue weighted by atomic mass is 10.1.